The van der Waals surface area contributed by atoms with Crippen LogP contribution in [0.15, 0.2) is 18.2 Å². The summed E-state index contributed by atoms with van der Waals surface area (Å²) in [7, 11) is 0. The zero-order chi connectivity index (χ0) is 15.0. The molecule has 1 aromatic carbocycles. The molecule has 1 saturated carbocycles. The predicted molar refractivity (Wildman–Crippen MR) is 88.8 cm³/mol. The second-order valence-electron chi connectivity index (χ2n) is 5.73. The number of para-hydroxylation sites is 1. The van der Waals surface area contributed by atoms with Gasteiger partial charge in [0.25, 0.3) is 0 Å². The highest BCUT2D eigenvalue weighted by Gasteiger charge is 2.27. The lowest BCUT2D eigenvalue weighted by atomic mass is 9.94. The Bertz CT molecular complexity index is 632. The van der Waals surface area contributed by atoms with Gasteiger partial charge in [0.15, 0.2) is 5.82 Å². The molecule has 114 valence electrons. The van der Waals surface area contributed by atoms with Crippen LogP contribution in [0, 0.1) is 5.82 Å². The van der Waals surface area contributed by atoms with Gasteiger partial charge in [0, 0.05) is 11.3 Å². The van der Waals surface area contributed by atoms with Crippen LogP contribution in [-0.4, -0.2) is 21.1 Å². The third-order valence-electron chi connectivity index (χ3n) is 4.40. The van der Waals surface area contributed by atoms with Gasteiger partial charge in [-0.3, -0.25) is 0 Å². The maximum atomic E-state index is 14.0. The summed E-state index contributed by atoms with van der Waals surface area (Å²) in [4.78, 5) is 4.48. The molecule has 1 unspecified atom stereocenters. The fourth-order valence-corrected chi connectivity index (χ4v) is 4.20. The molecule has 21 heavy (non-hydrogen) atoms. The molecule has 0 amide bonds. The number of hydrogen-bond acceptors (Lipinski definition) is 2. The fraction of sp³-hybridized carbons (Fsp3) is 0.562. The monoisotopic (exact) mass is 326 g/mol. The zero-order valence-corrected chi connectivity index (χ0v) is 13.9. The van der Waals surface area contributed by atoms with Crippen molar-refractivity contribution in [2.24, 2.45) is 0 Å². The summed E-state index contributed by atoms with van der Waals surface area (Å²) in [6, 6.07) is 5.56. The van der Waals surface area contributed by atoms with Gasteiger partial charge >= 0.3 is 0 Å². The van der Waals surface area contributed by atoms with E-state index >= 15 is 0 Å². The van der Waals surface area contributed by atoms with Crippen LogP contribution in [0.25, 0.3) is 11.0 Å². The minimum absolute atomic E-state index is 0.213. The lowest BCUT2D eigenvalue weighted by Crippen LogP contribution is -2.21. The molecule has 2 aromatic rings. The van der Waals surface area contributed by atoms with Crippen LogP contribution in [0.5, 0.6) is 0 Å². The van der Waals surface area contributed by atoms with Gasteiger partial charge in [0.05, 0.1) is 10.9 Å². The maximum absolute atomic E-state index is 14.0. The van der Waals surface area contributed by atoms with Gasteiger partial charge in [-0.15, -0.1) is 11.6 Å². The number of aromatic nitrogens is 2. The summed E-state index contributed by atoms with van der Waals surface area (Å²) in [6.45, 7) is 1.91. The van der Waals surface area contributed by atoms with E-state index in [2.05, 4.69) is 15.8 Å². The van der Waals surface area contributed by atoms with Crippen molar-refractivity contribution in [2.45, 2.75) is 49.3 Å². The summed E-state index contributed by atoms with van der Waals surface area (Å²) in [6.07, 6.45) is 6.82. The number of imidazole rings is 1. The molecule has 1 aliphatic carbocycles. The molecule has 0 N–H and O–H groups in total. The van der Waals surface area contributed by atoms with Crippen molar-refractivity contribution >= 4 is 34.4 Å². The number of fused-ring (bicyclic) bond motifs is 1. The van der Waals surface area contributed by atoms with Crippen LogP contribution in [0.1, 0.15) is 49.9 Å². The summed E-state index contributed by atoms with van der Waals surface area (Å²) in [5.74, 6) is 0.534. The second-order valence-corrected chi connectivity index (χ2v) is 7.52. The van der Waals surface area contributed by atoms with Gasteiger partial charge in [0.2, 0.25) is 0 Å². The van der Waals surface area contributed by atoms with Gasteiger partial charge in [-0.25, -0.2) is 9.37 Å². The largest absolute Gasteiger partial charge is 0.324 e. The van der Waals surface area contributed by atoms with Crippen molar-refractivity contribution < 1.29 is 4.39 Å². The molecule has 0 bridgehead atoms. The highest BCUT2D eigenvalue weighted by Crippen LogP contribution is 2.38. The van der Waals surface area contributed by atoms with E-state index in [1.165, 1.54) is 18.9 Å². The number of benzene rings is 1. The number of alkyl halides is 1. The number of hydrogen-bond donors (Lipinski definition) is 0. The van der Waals surface area contributed by atoms with Crippen molar-refractivity contribution in [3.63, 3.8) is 0 Å². The predicted octanol–water partition coefficient (Wildman–Crippen LogP) is 5.32. The third kappa shape index (κ3) is 2.80. The molecule has 0 spiro atoms. The van der Waals surface area contributed by atoms with E-state index in [0.717, 1.165) is 29.4 Å². The smallest absolute Gasteiger partial charge is 0.151 e. The lowest BCUT2D eigenvalue weighted by molar-refractivity contribution is 0.358. The van der Waals surface area contributed by atoms with Crippen molar-refractivity contribution in [3.05, 3.63) is 29.8 Å². The molecule has 3 rings (SSSR count). The molecule has 1 aromatic heterocycles. The van der Waals surface area contributed by atoms with Crippen LogP contribution < -0.4 is 0 Å². The van der Waals surface area contributed by atoms with E-state index in [9.17, 15) is 4.39 Å². The van der Waals surface area contributed by atoms with Gasteiger partial charge in [-0.1, -0.05) is 6.07 Å². The molecular formula is C16H20ClFN2S. The Hall–Kier alpha value is -0.740. The van der Waals surface area contributed by atoms with Crippen molar-refractivity contribution in [1.82, 2.24) is 9.55 Å². The number of thioether (sulfide) groups is 1. The second kappa shape index (κ2) is 6.17. The Labute approximate surface area is 134 Å². The number of nitrogens with zero attached hydrogens (tertiary/aromatic N) is 2. The van der Waals surface area contributed by atoms with Crippen molar-refractivity contribution in [1.29, 1.82) is 0 Å². The van der Waals surface area contributed by atoms with Crippen LogP contribution in [-0.2, 0) is 0 Å². The first-order valence-corrected chi connectivity index (χ1v) is 9.17. The van der Waals surface area contributed by atoms with Crippen LogP contribution in [0.4, 0.5) is 4.39 Å². The minimum Gasteiger partial charge on any atom is -0.324 e. The van der Waals surface area contributed by atoms with E-state index in [1.807, 2.05) is 24.8 Å². The summed E-state index contributed by atoms with van der Waals surface area (Å²) in [5, 5.41) is 0.541. The van der Waals surface area contributed by atoms with Crippen molar-refractivity contribution in [3.8, 4) is 0 Å². The fourth-order valence-electron chi connectivity index (χ4n) is 3.30. The highest BCUT2D eigenvalue weighted by atomic mass is 35.5. The van der Waals surface area contributed by atoms with Gasteiger partial charge in [-0.05, 0) is 51.0 Å². The standard InChI is InChI=1S/C16H20ClFN2S/c1-10(17)16-19-15-13(18)4-3-5-14(15)20(16)11-6-8-12(21-2)9-7-11/h3-5,10-12H,6-9H2,1-2H3. The topological polar surface area (TPSA) is 17.8 Å². The normalized spacial score (nSPS) is 24.4. The van der Waals surface area contributed by atoms with Gasteiger partial charge in [0.1, 0.15) is 11.3 Å². The van der Waals surface area contributed by atoms with E-state index in [1.54, 1.807) is 6.07 Å². The quantitative estimate of drug-likeness (QED) is 0.710. The number of rotatable bonds is 3. The summed E-state index contributed by atoms with van der Waals surface area (Å²) >= 11 is 8.25. The van der Waals surface area contributed by atoms with Crippen LogP contribution >= 0.6 is 23.4 Å². The van der Waals surface area contributed by atoms with Gasteiger partial charge in [-0.2, -0.15) is 11.8 Å². The van der Waals surface area contributed by atoms with E-state index in [0.29, 0.717) is 11.6 Å². The first-order chi connectivity index (χ1) is 10.1. The molecule has 1 fully saturated rings. The Kier molecular flexibility index (Phi) is 4.46. The Morgan fingerprint density at radius 1 is 1.33 bits per heavy atom. The molecule has 0 aliphatic heterocycles. The molecular weight excluding hydrogens is 307 g/mol. The first-order valence-electron chi connectivity index (χ1n) is 7.45. The first kappa shape index (κ1) is 15.2. The molecule has 2 nitrogen and oxygen atoms in total. The molecule has 0 radical (unpaired) electrons. The van der Waals surface area contributed by atoms with E-state index in [4.69, 9.17) is 11.6 Å². The SMILES string of the molecule is CSC1CCC(n2c(C(C)Cl)nc3c(F)cccc32)CC1. The summed E-state index contributed by atoms with van der Waals surface area (Å²) in [5.41, 5.74) is 1.33. The number of halogens is 2. The van der Waals surface area contributed by atoms with Gasteiger partial charge < -0.3 is 4.57 Å². The average Bonchev–Trinajstić information content (AvgIpc) is 2.88. The third-order valence-corrected chi connectivity index (χ3v) is 5.73. The van der Waals surface area contributed by atoms with E-state index < -0.39 is 0 Å². The van der Waals surface area contributed by atoms with E-state index in [-0.39, 0.29) is 11.2 Å². The van der Waals surface area contributed by atoms with Crippen molar-refractivity contribution in [2.75, 3.05) is 6.26 Å². The molecule has 1 atom stereocenters. The Balaban J connectivity index is 2.04. The molecule has 1 heterocycles. The van der Waals surface area contributed by atoms with Crippen LogP contribution in [0.3, 0.4) is 0 Å². The highest BCUT2D eigenvalue weighted by molar-refractivity contribution is 7.99. The molecule has 5 heteroatoms. The lowest BCUT2D eigenvalue weighted by Gasteiger charge is -2.30. The molecule has 1 aliphatic rings. The zero-order valence-electron chi connectivity index (χ0n) is 12.4. The molecule has 0 saturated heterocycles. The maximum Gasteiger partial charge on any atom is 0.151 e. The Morgan fingerprint density at radius 2 is 2.05 bits per heavy atom. The van der Waals surface area contributed by atoms with Crippen LogP contribution in [0.2, 0.25) is 0 Å². The Morgan fingerprint density at radius 3 is 2.67 bits per heavy atom. The summed E-state index contributed by atoms with van der Waals surface area (Å²) < 4.78 is 16.2. The average molecular weight is 327 g/mol. The minimum atomic E-state index is -0.261.